The highest BCUT2D eigenvalue weighted by molar-refractivity contribution is 7.90. The highest BCUT2D eigenvalue weighted by atomic mass is 35.5. The van der Waals surface area contributed by atoms with Crippen molar-refractivity contribution < 1.29 is 31.9 Å². The number of pyridine rings is 1. The molecule has 1 N–H and O–H groups in total. The average molecular weight is 498 g/mol. The first kappa shape index (κ1) is 23.2. The zero-order chi connectivity index (χ0) is 23.8. The molecule has 2 aliphatic rings. The molecule has 0 radical (unpaired) electrons. The lowest BCUT2D eigenvalue weighted by molar-refractivity contribution is -0.117. The maximum absolute atomic E-state index is 13.3. The number of alkyl halides is 1. The number of nitrogens with one attached hydrogen (secondary N) is 1. The molecule has 0 saturated heterocycles. The molecule has 4 rings (SSSR count). The lowest BCUT2D eigenvalue weighted by Crippen LogP contribution is -2.46. The molecule has 33 heavy (non-hydrogen) atoms. The van der Waals surface area contributed by atoms with Gasteiger partial charge < -0.3 is 14.4 Å². The Kier molecular flexibility index (Phi) is 6.44. The third kappa shape index (κ3) is 5.19. The van der Waals surface area contributed by atoms with Crippen LogP contribution in [0.2, 0.25) is 0 Å². The summed E-state index contributed by atoms with van der Waals surface area (Å²) < 4.78 is 50.2. The fourth-order valence-electron chi connectivity index (χ4n) is 3.47. The summed E-state index contributed by atoms with van der Waals surface area (Å²) in [6.45, 7) is 1.93. The summed E-state index contributed by atoms with van der Waals surface area (Å²) in [6.07, 6.45) is -0.0825. The number of aromatic nitrogens is 1. The Balaban J connectivity index is 1.70. The summed E-state index contributed by atoms with van der Waals surface area (Å²) >= 11 is 5.77. The Bertz CT molecular complexity index is 1190. The highest BCUT2D eigenvalue weighted by Gasteiger charge is 2.38. The minimum Gasteiger partial charge on any atom is -0.474 e. The van der Waals surface area contributed by atoms with E-state index < -0.39 is 27.2 Å². The van der Waals surface area contributed by atoms with E-state index in [4.69, 9.17) is 21.1 Å². The number of benzene rings is 1. The number of ether oxygens (including phenoxy) is 2. The number of halogens is 2. The van der Waals surface area contributed by atoms with Crippen LogP contribution in [0.5, 0.6) is 11.8 Å². The first-order chi connectivity index (χ1) is 15.7. The van der Waals surface area contributed by atoms with Crippen molar-refractivity contribution in [2.75, 3.05) is 17.4 Å². The van der Waals surface area contributed by atoms with Crippen molar-refractivity contribution >= 4 is 39.3 Å². The fraction of sp³-hybridized carbons (Fsp3) is 0.381. The Morgan fingerprint density at radius 1 is 1.30 bits per heavy atom. The summed E-state index contributed by atoms with van der Waals surface area (Å²) in [6, 6.07) is 6.93. The van der Waals surface area contributed by atoms with E-state index in [2.05, 4.69) is 4.98 Å². The molecule has 0 spiro atoms. The van der Waals surface area contributed by atoms with Crippen LogP contribution < -0.4 is 19.1 Å². The zero-order valence-corrected chi connectivity index (χ0v) is 19.2. The largest absolute Gasteiger partial charge is 0.474 e. The molecule has 1 aliphatic heterocycles. The topological polar surface area (TPSA) is 115 Å². The second-order valence-corrected chi connectivity index (χ2v) is 10.1. The number of carbonyl (C=O) groups is 2. The molecule has 1 atom stereocenters. The van der Waals surface area contributed by atoms with Gasteiger partial charge >= 0.3 is 6.09 Å². The summed E-state index contributed by atoms with van der Waals surface area (Å²) in [5.41, 5.74) is 1.38. The van der Waals surface area contributed by atoms with Crippen LogP contribution in [0.3, 0.4) is 0 Å². The monoisotopic (exact) mass is 497 g/mol. The minimum atomic E-state index is -3.82. The highest BCUT2D eigenvalue weighted by Crippen LogP contribution is 2.37. The minimum absolute atomic E-state index is 0.0438. The van der Waals surface area contributed by atoms with Crippen LogP contribution >= 0.6 is 11.6 Å². The predicted molar refractivity (Wildman–Crippen MR) is 118 cm³/mol. The second-order valence-electron chi connectivity index (χ2n) is 7.87. The number of sulfonamides is 1. The van der Waals surface area contributed by atoms with Crippen LogP contribution in [0.1, 0.15) is 30.9 Å². The Morgan fingerprint density at radius 3 is 2.64 bits per heavy atom. The van der Waals surface area contributed by atoms with E-state index in [-0.39, 0.29) is 42.6 Å². The summed E-state index contributed by atoms with van der Waals surface area (Å²) in [7, 11) is -3.82. The summed E-state index contributed by atoms with van der Waals surface area (Å²) in [4.78, 5) is 30.5. The van der Waals surface area contributed by atoms with E-state index in [9.17, 15) is 22.4 Å². The molecule has 9 nitrogen and oxygen atoms in total. The normalized spacial score (nSPS) is 17.7. The van der Waals surface area contributed by atoms with Crippen molar-refractivity contribution in [3.8, 4) is 11.8 Å². The zero-order valence-electron chi connectivity index (χ0n) is 17.6. The molecule has 1 aromatic carbocycles. The van der Waals surface area contributed by atoms with Crippen LogP contribution in [0, 0.1) is 5.82 Å². The van der Waals surface area contributed by atoms with E-state index in [0.29, 0.717) is 29.7 Å². The molecule has 1 saturated carbocycles. The third-order valence-electron chi connectivity index (χ3n) is 5.24. The fourth-order valence-corrected chi connectivity index (χ4v) is 4.79. The van der Waals surface area contributed by atoms with Gasteiger partial charge in [0.25, 0.3) is 0 Å². The number of fused-ring (bicyclic) bond motifs is 1. The molecular formula is C21H21ClFN3O6S. The maximum Gasteiger partial charge on any atom is 0.427 e. The lowest BCUT2D eigenvalue weighted by atomic mass is 10.0. The van der Waals surface area contributed by atoms with Crippen LogP contribution in [-0.2, 0) is 21.2 Å². The molecule has 2 amide bonds. The van der Waals surface area contributed by atoms with Crippen LogP contribution in [0.25, 0.3) is 0 Å². The maximum atomic E-state index is 13.3. The third-order valence-corrected chi connectivity index (χ3v) is 7.27. The molecular weight excluding hydrogens is 477 g/mol. The number of carbonyl (C=O) groups excluding carboxylic acids is 2. The van der Waals surface area contributed by atoms with Gasteiger partial charge in [0.05, 0.1) is 11.3 Å². The summed E-state index contributed by atoms with van der Waals surface area (Å²) in [5, 5.41) is -0.611. The Hall–Kier alpha value is -2.92. The van der Waals surface area contributed by atoms with Crippen LogP contribution in [-0.4, -0.2) is 49.2 Å². The smallest absolute Gasteiger partial charge is 0.427 e. The van der Waals surface area contributed by atoms with Crippen LogP contribution in [0.15, 0.2) is 30.3 Å². The van der Waals surface area contributed by atoms with Crippen molar-refractivity contribution in [1.29, 1.82) is 0 Å². The SMILES string of the molecule is C[C@H]1COc2nc(OC(=O)NS(=O)(=O)C3CC3)c(Cc3ccc(F)cc3)cc2N1C(=O)CCl. The van der Waals surface area contributed by atoms with Crippen LogP contribution in [0.4, 0.5) is 14.9 Å². The standard InChI is InChI=1S/C21H21ClFN3O6S/c1-12-11-31-20-17(26(12)18(27)10-22)9-14(8-13-2-4-15(23)5-3-13)19(24-20)32-21(28)25-33(29,30)16-6-7-16/h2-5,9,12,16H,6-8,10-11H2,1H3,(H,25,28)/t12-/m0/s1. The Morgan fingerprint density at radius 2 is 2.00 bits per heavy atom. The summed E-state index contributed by atoms with van der Waals surface area (Å²) in [5.74, 6) is -1.16. The molecule has 0 bridgehead atoms. The predicted octanol–water partition coefficient (Wildman–Crippen LogP) is 2.74. The number of hydrogen-bond donors (Lipinski definition) is 1. The van der Waals surface area contributed by atoms with Crippen molar-refractivity contribution in [2.45, 2.75) is 37.5 Å². The van der Waals surface area contributed by atoms with Gasteiger partial charge in [0.2, 0.25) is 27.7 Å². The molecule has 2 aromatic rings. The lowest BCUT2D eigenvalue weighted by Gasteiger charge is -2.34. The molecule has 12 heteroatoms. The van der Waals surface area contributed by atoms with E-state index in [0.717, 1.165) is 0 Å². The van der Waals surface area contributed by atoms with E-state index >= 15 is 0 Å². The number of anilines is 1. The van der Waals surface area contributed by atoms with E-state index in [1.807, 2.05) is 4.72 Å². The van der Waals surface area contributed by atoms with Gasteiger partial charge in [-0.1, -0.05) is 12.1 Å². The molecule has 1 aliphatic carbocycles. The Labute approximate surface area is 194 Å². The number of amides is 2. The van der Waals surface area contributed by atoms with Gasteiger partial charge in [-0.15, -0.1) is 11.6 Å². The second kappa shape index (κ2) is 9.14. The van der Waals surface area contributed by atoms with Gasteiger partial charge in [0.1, 0.15) is 24.0 Å². The molecule has 1 aromatic heterocycles. The van der Waals surface area contributed by atoms with Gasteiger partial charge in [0, 0.05) is 12.0 Å². The average Bonchev–Trinajstić information content (AvgIpc) is 3.61. The molecule has 176 valence electrons. The van der Waals surface area contributed by atoms with Crippen molar-refractivity contribution in [2.24, 2.45) is 0 Å². The van der Waals surface area contributed by atoms with E-state index in [1.54, 1.807) is 25.1 Å². The van der Waals surface area contributed by atoms with Gasteiger partial charge in [-0.3, -0.25) is 4.79 Å². The van der Waals surface area contributed by atoms with Gasteiger partial charge in [-0.25, -0.2) is 22.3 Å². The molecule has 1 fully saturated rings. The molecule has 0 unspecified atom stereocenters. The van der Waals surface area contributed by atoms with Crippen molar-refractivity contribution in [1.82, 2.24) is 9.71 Å². The van der Waals surface area contributed by atoms with Gasteiger partial charge in [-0.05, 0) is 43.5 Å². The van der Waals surface area contributed by atoms with Crippen molar-refractivity contribution in [3.05, 3.63) is 47.3 Å². The van der Waals surface area contributed by atoms with E-state index in [1.165, 1.54) is 17.0 Å². The van der Waals surface area contributed by atoms with Gasteiger partial charge in [0.15, 0.2) is 0 Å². The number of hydrogen-bond acceptors (Lipinski definition) is 7. The molecule has 2 heterocycles. The van der Waals surface area contributed by atoms with Gasteiger partial charge in [-0.2, -0.15) is 4.98 Å². The van der Waals surface area contributed by atoms with Crippen molar-refractivity contribution in [3.63, 3.8) is 0 Å². The number of rotatable bonds is 6. The first-order valence-corrected chi connectivity index (χ1v) is 12.3. The first-order valence-electron chi connectivity index (χ1n) is 10.2. The quantitative estimate of drug-likeness (QED) is 0.610. The number of nitrogens with zero attached hydrogens (tertiary/aromatic N) is 2.